The summed E-state index contributed by atoms with van der Waals surface area (Å²) >= 11 is 0. The number of benzene rings is 1. The SMILES string of the molecule is CC(c1cccc(O)c1)N1CC(N)C1. The molecule has 3 N–H and O–H groups in total. The van der Waals surface area contributed by atoms with Crippen molar-refractivity contribution in [3.05, 3.63) is 29.8 Å². The van der Waals surface area contributed by atoms with E-state index < -0.39 is 0 Å². The lowest BCUT2D eigenvalue weighted by atomic mass is 10.0. The number of phenolic OH excluding ortho intramolecular Hbond substituents is 1. The summed E-state index contributed by atoms with van der Waals surface area (Å²) in [5, 5.41) is 9.34. The third kappa shape index (κ3) is 1.74. The van der Waals surface area contributed by atoms with Crippen molar-refractivity contribution >= 4 is 0 Å². The van der Waals surface area contributed by atoms with Gasteiger partial charge in [0.25, 0.3) is 0 Å². The lowest BCUT2D eigenvalue weighted by Crippen LogP contribution is -2.56. The van der Waals surface area contributed by atoms with Gasteiger partial charge in [-0.3, -0.25) is 4.90 Å². The molecule has 1 aliphatic rings. The molecular formula is C11H16N2O. The first-order valence-corrected chi connectivity index (χ1v) is 4.95. The summed E-state index contributed by atoms with van der Waals surface area (Å²) in [5.74, 6) is 0.333. The van der Waals surface area contributed by atoms with Crippen LogP contribution in [-0.4, -0.2) is 29.1 Å². The first-order chi connectivity index (χ1) is 6.66. The van der Waals surface area contributed by atoms with E-state index in [1.54, 1.807) is 6.07 Å². The maximum Gasteiger partial charge on any atom is 0.115 e. The molecule has 0 aromatic heterocycles. The Balaban J connectivity index is 2.07. The van der Waals surface area contributed by atoms with E-state index in [4.69, 9.17) is 5.73 Å². The van der Waals surface area contributed by atoms with Gasteiger partial charge in [-0.2, -0.15) is 0 Å². The minimum absolute atomic E-state index is 0.328. The van der Waals surface area contributed by atoms with E-state index in [0.717, 1.165) is 18.7 Å². The Bertz CT molecular complexity index is 321. The number of likely N-dealkylation sites (tertiary alicyclic amines) is 1. The zero-order valence-corrected chi connectivity index (χ0v) is 8.35. The minimum Gasteiger partial charge on any atom is -0.508 e. The Kier molecular flexibility index (Phi) is 2.44. The van der Waals surface area contributed by atoms with Crippen LogP contribution in [0.2, 0.25) is 0 Å². The number of phenols is 1. The van der Waals surface area contributed by atoms with E-state index in [-0.39, 0.29) is 0 Å². The number of rotatable bonds is 2. The Labute approximate surface area is 84.1 Å². The number of nitrogens with two attached hydrogens (primary N) is 1. The summed E-state index contributed by atoms with van der Waals surface area (Å²) in [6, 6.07) is 8.10. The molecule has 1 unspecified atom stereocenters. The summed E-state index contributed by atoms with van der Waals surface area (Å²) in [7, 11) is 0. The standard InChI is InChI=1S/C11H16N2O/c1-8(13-6-10(12)7-13)9-3-2-4-11(14)5-9/h2-5,8,10,14H,6-7,12H2,1H3. The van der Waals surface area contributed by atoms with Gasteiger partial charge in [0.05, 0.1) is 0 Å². The van der Waals surface area contributed by atoms with Gasteiger partial charge in [-0.1, -0.05) is 12.1 Å². The maximum absolute atomic E-state index is 9.34. The largest absolute Gasteiger partial charge is 0.508 e. The molecule has 1 aliphatic heterocycles. The van der Waals surface area contributed by atoms with Crippen molar-refractivity contribution in [1.82, 2.24) is 4.90 Å². The highest BCUT2D eigenvalue weighted by Crippen LogP contribution is 2.26. The zero-order chi connectivity index (χ0) is 10.1. The van der Waals surface area contributed by atoms with Gasteiger partial charge in [0.2, 0.25) is 0 Å². The van der Waals surface area contributed by atoms with E-state index in [0.29, 0.717) is 17.8 Å². The second-order valence-electron chi connectivity index (χ2n) is 3.98. The summed E-state index contributed by atoms with van der Waals surface area (Å²) in [5.41, 5.74) is 6.87. The second-order valence-corrected chi connectivity index (χ2v) is 3.98. The van der Waals surface area contributed by atoms with Crippen LogP contribution in [0.15, 0.2) is 24.3 Å². The van der Waals surface area contributed by atoms with Crippen molar-refractivity contribution < 1.29 is 5.11 Å². The summed E-state index contributed by atoms with van der Waals surface area (Å²) in [6.45, 7) is 4.05. The highest BCUT2D eigenvalue weighted by Gasteiger charge is 2.27. The van der Waals surface area contributed by atoms with E-state index in [2.05, 4.69) is 11.8 Å². The summed E-state index contributed by atoms with van der Waals surface area (Å²) in [4.78, 5) is 2.31. The number of hydrogen-bond donors (Lipinski definition) is 2. The Hall–Kier alpha value is -1.06. The van der Waals surface area contributed by atoms with Gasteiger partial charge in [0, 0.05) is 25.2 Å². The van der Waals surface area contributed by atoms with Gasteiger partial charge in [0.1, 0.15) is 5.75 Å². The topological polar surface area (TPSA) is 49.5 Å². The molecule has 3 heteroatoms. The first kappa shape index (κ1) is 9.49. The molecule has 0 bridgehead atoms. The lowest BCUT2D eigenvalue weighted by Gasteiger charge is -2.41. The molecule has 0 saturated carbocycles. The molecule has 0 radical (unpaired) electrons. The molecule has 76 valence electrons. The maximum atomic E-state index is 9.34. The molecule has 3 nitrogen and oxygen atoms in total. The van der Waals surface area contributed by atoms with Crippen LogP contribution in [0.5, 0.6) is 5.75 Å². The zero-order valence-electron chi connectivity index (χ0n) is 8.35. The number of hydrogen-bond acceptors (Lipinski definition) is 3. The highest BCUT2D eigenvalue weighted by molar-refractivity contribution is 5.29. The van der Waals surface area contributed by atoms with Crippen molar-refractivity contribution in [2.45, 2.75) is 19.0 Å². The van der Waals surface area contributed by atoms with Gasteiger partial charge in [0.15, 0.2) is 0 Å². The van der Waals surface area contributed by atoms with E-state index in [1.807, 2.05) is 18.2 Å². The fourth-order valence-corrected chi connectivity index (χ4v) is 1.86. The second kappa shape index (κ2) is 3.59. The molecular weight excluding hydrogens is 176 g/mol. The van der Waals surface area contributed by atoms with E-state index in [1.165, 1.54) is 0 Å². The monoisotopic (exact) mass is 192 g/mol. The van der Waals surface area contributed by atoms with Crippen LogP contribution in [0.1, 0.15) is 18.5 Å². The Morgan fingerprint density at radius 2 is 2.21 bits per heavy atom. The molecule has 14 heavy (non-hydrogen) atoms. The van der Waals surface area contributed by atoms with Crippen molar-refractivity contribution in [1.29, 1.82) is 0 Å². The molecule has 1 fully saturated rings. The molecule has 0 amide bonds. The smallest absolute Gasteiger partial charge is 0.115 e. The van der Waals surface area contributed by atoms with Crippen molar-refractivity contribution in [2.24, 2.45) is 5.73 Å². The van der Waals surface area contributed by atoms with Crippen molar-refractivity contribution in [3.63, 3.8) is 0 Å². The highest BCUT2D eigenvalue weighted by atomic mass is 16.3. The molecule has 1 heterocycles. The van der Waals surface area contributed by atoms with Crippen LogP contribution in [0, 0.1) is 0 Å². The van der Waals surface area contributed by atoms with E-state index in [9.17, 15) is 5.11 Å². The Morgan fingerprint density at radius 1 is 1.50 bits per heavy atom. The molecule has 1 saturated heterocycles. The molecule has 0 spiro atoms. The molecule has 1 aromatic carbocycles. The number of aromatic hydroxyl groups is 1. The Morgan fingerprint density at radius 3 is 2.79 bits per heavy atom. The molecule has 1 aromatic rings. The average molecular weight is 192 g/mol. The normalized spacial score (nSPS) is 20.4. The third-order valence-corrected chi connectivity index (χ3v) is 2.84. The van der Waals surface area contributed by atoms with Crippen LogP contribution < -0.4 is 5.73 Å². The van der Waals surface area contributed by atoms with E-state index >= 15 is 0 Å². The fourth-order valence-electron chi connectivity index (χ4n) is 1.86. The summed E-state index contributed by atoms with van der Waals surface area (Å²) < 4.78 is 0. The predicted octanol–water partition coefficient (Wildman–Crippen LogP) is 1.10. The third-order valence-electron chi connectivity index (χ3n) is 2.84. The summed E-state index contributed by atoms with van der Waals surface area (Å²) in [6.07, 6.45) is 0. The van der Waals surface area contributed by atoms with Gasteiger partial charge in [-0.05, 0) is 24.6 Å². The van der Waals surface area contributed by atoms with Gasteiger partial charge in [-0.15, -0.1) is 0 Å². The van der Waals surface area contributed by atoms with Crippen LogP contribution in [-0.2, 0) is 0 Å². The fraction of sp³-hybridized carbons (Fsp3) is 0.455. The quantitative estimate of drug-likeness (QED) is 0.737. The van der Waals surface area contributed by atoms with Crippen LogP contribution in [0.3, 0.4) is 0 Å². The van der Waals surface area contributed by atoms with Gasteiger partial charge in [-0.25, -0.2) is 0 Å². The van der Waals surface area contributed by atoms with Crippen LogP contribution in [0.25, 0.3) is 0 Å². The van der Waals surface area contributed by atoms with Gasteiger partial charge < -0.3 is 10.8 Å². The van der Waals surface area contributed by atoms with Crippen molar-refractivity contribution in [3.8, 4) is 5.75 Å². The molecule has 1 atom stereocenters. The molecule has 2 rings (SSSR count). The van der Waals surface area contributed by atoms with Gasteiger partial charge >= 0.3 is 0 Å². The van der Waals surface area contributed by atoms with Crippen LogP contribution >= 0.6 is 0 Å². The number of nitrogens with zero attached hydrogens (tertiary/aromatic N) is 1. The average Bonchev–Trinajstić information content (AvgIpc) is 2.12. The minimum atomic E-state index is 0.328. The van der Waals surface area contributed by atoms with Crippen molar-refractivity contribution in [2.75, 3.05) is 13.1 Å². The molecule has 0 aliphatic carbocycles. The first-order valence-electron chi connectivity index (χ1n) is 4.95. The lowest BCUT2D eigenvalue weighted by molar-refractivity contribution is 0.103. The van der Waals surface area contributed by atoms with Crippen LogP contribution in [0.4, 0.5) is 0 Å². The predicted molar refractivity (Wildman–Crippen MR) is 56.1 cm³/mol.